The highest BCUT2D eigenvalue weighted by Gasteiger charge is 2.40. The van der Waals surface area contributed by atoms with Crippen molar-refractivity contribution in [1.82, 2.24) is 0 Å². The average molecular weight is 796 g/mol. The minimum absolute atomic E-state index is 0.163. The van der Waals surface area contributed by atoms with Crippen molar-refractivity contribution in [2.45, 2.75) is 38.5 Å². The Kier molecular flexibility index (Phi) is 7.96. The Bertz CT molecular complexity index is 3400. The molecule has 0 fully saturated rings. The third-order valence-electron chi connectivity index (χ3n) is 13.9. The van der Waals surface area contributed by atoms with E-state index < -0.39 is 0 Å². The van der Waals surface area contributed by atoms with E-state index in [0.717, 1.165) is 44.6 Å². The Hall–Kier alpha value is -7.42. The van der Waals surface area contributed by atoms with Gasteiger partial charge < -0.3 is 9.32 Å². The second-order valence-electron chi connectivity index (χ2n) is 18.0. The predicted octanol–water partition coefficient (Wildman–Crippen LogP) is 16.7. The van der Waals surface area contributed by atoms with E-state index in [4.69, 9.17) is 4.42 Å². The number of hydrogen-bond donors (Lipinski definition) is 0. The largest absolute Gasteiger partial charge is 0.454 e. The van der Waals surface area contributed by atoms with Crippen LogP contribution in [0.4, 0.5) is 17.1 Å². The molecule has 0 atom stereocenters. The molecule has 0 spiro atoms. The van der Waals surface area contributed by atoms with Crippen LogP contribution in [-0.2, 0) is 10.8 Å². The normalized spacial score (nSPS) is 14.1. The molecular formula is C60H45NO. The van der Waals surface area contributed by atoms with E-state index in [2.05, 4.69) is 233 Å². The van der Waals surface area contributed by atoms with Crippen LogP contribution in [0.1, 0.15) is 49.9 Å². The third-order valence-corrected chi connectivity index (χ3v) is 13.9. The van der Waals surface area contributed by atoms with Crippen LogP contribution < -0.4 is 4.90 Å². The Morgan fingerprint density at radius 2 is 0.790 bits per heavy atom. The van der Waals surface area contributed by atoms with Crippen LogP contribution in [0.15, 0.2) is 205 Å². The Morgan fingerprint density at radius 1 is 0.323 bits per heavy atom. The monoisotopic (exact) mass is 795 g/mol. The van der Waals surface area contributed by atoms with Crippen LogP contribution >= 0.6 is 0 Å². The van der Waals surface area contributed by atoms with Crippen LogP contribution in [0, 0.1) is 0 Å². The Morgan fingerprint density at radius 3 is 1.53 bits per heavy atom. The molecule has 0 saturated carbocycles. The molecule has 9 aromatic carbocycles. The number of furan rings is 1. The van der Waals surface area contributed by atoms with Crippen LogP contribution in [0.25, 0.3) is 77.6 Å². The molecule has 1 heterocycles. The Labute approximate surface area is 363 Å². The van der Waals surface area contributed by atoms with Gasteiger partial charge in [0.1, 0.15) is 5.58 Å². The number of fused-ring (bicyclic) bond motifs is 9. The predicted molar refractivity (Wildman–Crippen MR) is 260 cm³/mol. The number of para-hydroxylation sites is 2. The van der Waals surface area contributed by atoms with Crippen LogP contribution in [-0.4, -0.2) is 0 Å². The summed E-state index contributed by atoms with van der Waals surface area (Å²) in [5, 5.41) is 2.21. The number of rotatable bonds is 6. The first-order valence-corrected chi connectivity index (χ1v) is 21.8. The molecule has 0 radical (unpaired) electrons. The maximum Gasteiger partial charge on any atom is 0.159 e. The summed E-state index contributed by atoms with van der Waals surface area (Å²) in [7, 11) is 0. The second-order valence-corrected chi connectivity index (χ2v) is 18.0. The first-order chi connectivity index (χ1) is 30.3. The molecule has 0 amide bonds. The SMILES string of the molecule is CC1(C)c2ccccc2-c2c(-c3c(-c4ccc(-c5ccccc5)cc4)cccc3N(c3cccc4c3-c3ccccc3C4(C)C)c3cccc4c3oc3ccccc34)cccc21. The summed E-state index contributed by atoms with van der Waals surface area (Å²) in [6.45, 7) is 9.47. The summed E-state index contributed by atoms with van der Waals surface area (Å²) in [5.41, 5.74) is 22.3. The smallest absolute Gasteiger partial charge is 0.159 e. The van der Waals surface area contributed by atoms with Gasteiger partial charge in [0.15, 0.2) is 5.58 Å². The van der Waals surface area contributed by atoms with Gasteiger partial charge in [-0.2, -0.15) is 0 Å². The molecule has 0 bridgehead atoms. The molecule has 0 saturated heterocycles. The van der Waals surface area contributed by atoms with Crippen molar-refractivity contribution in [2.75, 3.05) is 4.90 Å². The summed E-state index contributed by atoms with van der Waals surface area (Å²) >= 11 is 0. The fourth-order valence-corrected chi connectivity index (χ4v) is 10.9. The standard InChI is InChI=1S/C60H45NO/c1-59(2)47-26-11-8-21-44(47)55-46(25-14-28-49(55)59)56-41(40-36-34-39(35-37-40)38-18-6-5-7-19-38)23-15-30-51(56)61(53-32-16-24-43-42-20-10-13-33-54(42)62-58(43)53)52-31-17-29-50-57(52)45-22-9-12-27-48(45)60(50,3)4/h5-37H,1-4H3. The van der Waals surface area contributed by atoms with Crippen molar-refractivity contribution < 1.29 is 4.42 Å². The lowest BCUT2D eigenvalue weighted by Gasteiger charge is -2.32. The summed E-state index contributed by atoms with van der Waals surface area (Å²) in [4.78, 5) is 2.52. The zero-order valence-electron chi connectivity index (χ0n) is 35.4. The van der Waals surface area contributed by atoms with Crippen LogP contribution in [0.2, 0.25) is 0 Å². The van der Waals surface area contributed by atoms with Gasteiger partial charge in [-0.25, -0.2) is 0 Å². The van der Waals surface area contributed by atoms with Crippen molar-refractivity contribution >= 4 is 39.0 Å². The van der Waals surface area contributed by atoms with Crippen molar-refractivity contribution in [2.24, 2.45) is 0 Å². The average Bonchev–Trinajstić information content (AvgIpc) is 3.90. The molecule has 10 aromatic rings. The van der Waals surface area contributed by atoms with Crippen LogP contribution in [0.5, 0.6) is 0 Å². The number of nitrogens with zero attached hydrogens (tertiary/aromatic N) is 1. The first kappa shape index (κ1) is 36.4. The van der Waals surface area contributed by atoms with Crippen molar-refractivity contribution in [3.63, 3.8) is 0 Å². The van der Waals surface area contributed by atoms with Crippen LogP contribution in [0.3, 0.4) is 0 Å². The van der Waals surface area contributed by atoms with E-state index in [1.54, 1.807) is 0 Å². The van der Waals surface area contributed by atoms with E-state index >= 15 is 0 Å². The van der Waals surface area contributed by atoms with Crippen molar-refractivity contribution in [3.8, 4) is 55.6 Å². The molecule has 296 valence electrons. The van der Waals surface area contributed by atoms with Gasteiger partial charge in [-0.1, -0.05) is 204 Å². The summed E-state index contributed by atoms with van der Waals surface area (Å²) in [6.07, 6.45) is 0. The minimum Gasteiger partial charge on any atom is -0.454 e. The molecule has 2 nitrogen and oxygen atoms in total. The van der Waals surface area contributed by atoms with Gasteiger partial charge in [-0.05, 0) is 91.0 Å². The zero-order chi connectivity index (χ0) is 41.7. The molecule has 0 aliphatic heterocycles. The van der Waals surface area contributed by atoms with Gasteiger partial charge in [-0.15, -0.1) is 0 Å². The van der Waals surface area contributed by atoms with Crippen molar-refractivity contribution in [1.29, 1.82) is 0 Å². The lowest BCUT2D eigenvalue weighted by Crippen LogP contribution is -2.16. The van der Waals surface area contributed by atoms with Gasteiger partial charge in [-0.3, -0.25) is 0 Å². The lowest BCUT2D eigenvalue weighted by atomic mass is 9.81. The molecule has 2 aliphatic rings. The Balaban J connectivity index is 1.21. The van der Waals surface area contributed by atoms with Gasteiger partial charge >= 0.3 is 0 Å². The molecule has 2 heteroatoms. The van der Waals surface area contributed by atoms with Gasteiger partial charge in [0.05, 0.1) is 17.1 Å². The topological polar surface area (TPSA) is 16.4 Å². The fraction of sp³-hybridized carbons (Fsp3) is 0.100. The fourth-order valence-electron chi connectivity index (χ4n) is 10.9. The van der Waals surface area contributed by atoms with Gasteiger partial charge in [0.2, 0.25) is 0 Å². The van der Waals surface area contributed by atoms with Gasteiger partial charge in [0.25, 0.3) is 0 Å². The third kappa shape index (κ3) is 5.23. The lowest BCUT2D eigenvalue weighted by molar-refractivity contribution is 0.660. The maximum atomic E-state index is 6.96. The molecule has 62 heavy (non-hydrogen) atoms. The quantitative estimate of drug-likeness (QED) is 0.167. The maximum absolute atomic E-state index is 6.96. The number of anilines is 3. The highest BCUT2D eigenvalue weighted by Crippen LogP contribution is 2.59. The van der Waals surface area contributed by atoms with Crippen molar-refractivity contribution in [3.05, 3.63) is 222 Å². The van der Waals surface area contributed by atoms with Gasteiger partial charge in [0, 0.05) is 32.7 Å². The summed E-state index contributed by atoms with van der Waals surface area (Å²) < 4.78 is 6.96. The molecular weight excluding hydrogens is 751 g/mol. The zero-order valence-corrected chi connectivity index (χ0v) is 35.4. The highest BCUT2D eigenvalue weighted by atomic mass is 16.3. The summed E-state index contributed by atoms with van der Waals surface area (Å²) in [5.74, 6) is 0. The van der Waals surface area contributed by atoms with E-state index in [9.17, 15) is 0 Å². The first-order valence-electron chi connectivity index (χ1n) is 21.8. The van der Waals surface area contributed by atoms with E-state index in [1.807, 2.05) is 0 Å². The second kappa shape index (κ2) is 13.5. The van der Waals surface area contributed by atoms with E-state index in [0.29, 0.717) is 0 Å². The van der Waals surface area contributed by atoms with E-state index in [-0.39, 0.29) is 10.8 Å². The molecule has 1 aromatic heterocycles. The molecule has 0 N–H and O–H groups in total. The highest BCUT2D eigenvalue weighted by molar-refractivity contribution is 6.13. The summed E-state index contributed by atoms with van der Waals surface area (Å²) in [6, 6.07) is 73.6. The number of benzene rings is 9. The number of hydrogen-bond acceptors (Lipinski definition) is 2. The minimum atomic E-state index is -0.181. The van der Waals surface area contributed by atoms with E-state index in [1.165, 1.54) is 72.3 Å². The molecule has 12 rings (SSSR count). The molecule has 2 aliphatic carbocycles. The molecule has 0 unspecified atom stereocenters.